The van der Waals surface area contributed by atoms with Gasteiger partial charge in [-0.05, 0) is 11.5 Å². The smallest absolute Gasteiger partial charge is 0.295 e. The maximum Gasteiger partial charge on any atom is 0.295 e. The summed E-state index contributed by atoms with van der Waals surface area (Å²) in [5, 5.41) is 13.0. The number of nitrogens with two attached hydrogens (primary N) is 1. The first-order chi connectivity index (χ1) is 9.12. The Morgan fingerprint density at radius 1 is 1.50 bits per heavy atom. The van der Waals surface area contributed by atoms with Crippen LogP contribution >= 0.6 is 0 Å². The van der Waals surface area contributed by atoms with Crippen molar-refractivity contribution < 1.29 is 14.1 Å². The highest BCUT2D eigenvalue weighted by Gasteiger charge is 2.25. The number of benzene rings is 1. The summed E-state index contributed by atoms with van der Waals surface area (Å²) >= 11 is 0. The van der Waals surface area contributed by atoms with Gasteiger partial charge in [0.15, 0.2) is 11.5 Å². The van der Waals surface area contributed by atoms with Gasteiger partial charge in [0.2, 0.25) is 5.91 Å². The highest BCUT2D eigenvalue weighted by atomic mass is 19.1. The van der Waals surface area contributed by atoms with E-state index in [-0.39, 0.29) is 11.8 Å². The van der Waals surface area contributed by atoms with Crippen molar-refractivity contribution in [3.05, 3.63) is 34.1 Å². The van der Waals surface area contributed by atoms with Gasteiger partial charge in [-0.1, -0.05) is 26.8 Å². The van der Waals surface area contributed by atoms with Gasteiger partial charge in [0.1, 0.15) is 0 Å². The minimum absolute atomic E-state index is 0.0466. The van der Waals surface area contributed by atoms with Gasteiger partial charge in [-0.3, -0.25) is 14.9 Å². The summed E-state index contributed by atoms with van der Waals surface area (Å²) in [4.78, 5) is 21.9. The van der Waals surface area contributed by atoms with Gasteiger partial charge in [-0.25, -0.2) is 4.39 Å². The number of halogens is 1. The fourth-order valence-electron chi connectivity index (χ4n) is 1.49. The molecule has 1 aromatic rings. The average molecular weight is 283 g/mol. The topological polar surface area (TPSA) is 98.3 Å². The van der Waals surface area contributed by atoms with Gasteiger partial charge >= 0.3 is 0 Å². The predicted octanol–water partition coefficient (Wildman–Crippen LogP) is 2.44. The van der Waals surface area contributed by atoms with Crippen molar-refractivity contribution in [2.75, 3.05) is 5.32 Å². The molecule has 1 unspecified atom stereocenters. The molecule has 0 aliphatic heterocycles. The molecule has 6 nitrogen and oxygen atoms in total. The molecule has 1 atom stereocenters. The molecule has 0 spiro atoms. The van der Waals surface area contributed by atoms with Crippen molar-refractivity contribution in [1.82, 2.24) is 0 Å². The number of anilines is 1. The van der Waals surface area contributed by atoms with E-state index >= 15 is 0 Å². The van der Waals surface area contributed by atoms with Crippen molar-refractivity contribution in [3.63, 3.8) is 0 Å². The second kappa shape index (κ2) is 5.96. The second-order valence-corrected chi connectivity index (χ2v) is 5.62. The van der Waals surface area contributed by atoms with Gasteiger partial charge in [-0.15, -0.1) is 0 Å². The highest BCUT2D eigenvalue weighted by Crippen LogP contribution is 2.27. The maximum absolute atomic E-state index is 13.6. The van der Waals surface area contributed by atoms with Crippen LogP contribution in [0.5, 0.6) is 0 Å². The van der Waals surface area contributed by atoms with E-state index in [1.807, 2.05) is 20.8 Å². The van der Waals surface area contributed by atoms with Crippen LogP contribution < -0.4 is 11.1 Å². The number of amides is 1. The first-order valence-corrected chi connectivity index (χ1v) is 6.11. The zero-order chi connectivity index (χ0) is 15.5. The van der Waals surface area contributed by atoms with E-state index in [9.17, 15) is 19.3 Å². The third-order valence-electron chi connectivity index (χ3n) is 2.97. The molecule has 7 heteroatoms. The summed E-state index contributed by atoms with van der Waals surface area (Å²) in [5.74, 6) is -1.41. The van der Waals surface area contributed by atoms with Crippen LogP contribution in [0.2, 0.25) is 0 Å². The molecule has 0 saturated carbocycles. The van der Waals surface area contributed by atoms with E-state index in [0.717, 1.165) is 12.1 Å². The molecular weight excluding hydrogens is 265 g/mol. The molecule has 0 aromatic heterocycles. The van der Waals surface area contributed by atoms with Crippen molar-refractivity contribution in [2.24, 2.45) is 11.1 Å². The molecule has 110 valence electrons. The normalized spacial score (nSPS) is 12.8. The highest BCUT2D eigenvalue weighted by molar-refractivity contribution is 5.93. The molecule has 0 saturated heterocycles. The Bertz CT molecular complexity index is 526. The quantitative estimate of drug-likeness (QED) is 0.655. The van der Waals surface area contributed by atoms with Gasteiger partial charge < -0.3 is 11.1 Å². The number of hydrogen-bond acceptors (Lipinski definition) is 4. The van der Waals surface area contributed by atoms with Crippen molar-refractivity contribution in [3.8, 4) is 0 Å². The molecule has 1 amide bonds. The summed E-state index contributed by atoms with van der Waals surface area (Å²) in [7, 11) is 0. The fraction of sp³-hybridized carbons (Fsp3) is 0.462. The van der Waals surface area contributed by atoms with Crippen LogP contribution in [0.15, 0.2) is 18.2 Å². The van der Waals surface area contributed by atoms with Crippen LogP contribution in [-0.4, -0.2) is 16.9 Å². The standard InChI is InChI=1S/C13H18FN3O3/c1-13(2,3)10(15)7-11(18)16-12-8(14)5-4-6-9(12)17(19)20/h4-6,10H,7,15H2,1-3H3,(H,16,18). The molecule has 0 fully saturated rings. The SMILES string of the molecule is CC(C)(C)C(N)CC(=O)Nc1c(F)cccc1[N+](=O)[O-]. The van der Waals surface area contributed by atoms with Crippen LogP contribution in [0.4, 0.5) is 15.8 Å². The number of nitro benzene ring substituents is 1. The Morgan fingerprint density at radius 3 is 2.60 bits per heavy atom. The minimum Gasteiger partial charge on any atom is -0.327 e. The summed E-state index contributed by atoms with van der Waals surface area (Å²) in [6.45, 7) is 5.61. The third kappa shape index (κ3) is 3.99. The molecule has 0 aliphatic carbocycles. The molecule has 0 bridgehead atoms. The Morgan fingerprint density at radius 2 is 2.10 bits per heavy atom. The number of nitrogens with one attached hydrogen (secondary N) is 1. The van der Waals surface area contributed by atoms with Gasteiger partial charge in [-0.2, -0.15) is 0 Å². The van der Waals surface area contributed by atoms with E-state index in [4.69, 9.17) is 5.73 Å². The maximum atomic E-state index is 13.6. The van der Waals surface area contributed by atoms with Gasteiger partial charge in [0, 0.05) is 18.5 Å². The van der Waals surface area contributed by atoms with E-state index in [1.165, 1.54) is 6.07 Å². The lowest BCUT2D eigenvalue weighted by molar-refractivity contribution is -0.384. The number of carbonyl (C=O) groups is 1. The average Bonchev–Trinajstić information content (AvgIpc) is 2.30. The van der Waals surface area contributed by atoms with Gasteiger partial charge in [0.25, 0.3) is 5.69 Å². The molecule has 0 radical (unpaired) electrons. The van der Waals surface area contributed by atoms with Crippen molar-refractivity contribution >= 4 is 17.3 Å². The summed E-state index contributed by atoms with van der Waals surface area (Å²) < 4.78 is 13.6. The second-order valence-electron chi connectivity index (χ2n) is 5.62. The number of nitro groups is 1. The zero-order valence-electron chi connectivity index (χ0n) is 11.6. The molecular formula is C13H18FN3O3. The number of nitrogens with zero attached hydrogens (tertiary/aromatic N) is 1. The van der Waals surface area contributed by atoms with Gasteiger partial charge in [0.05, 0.1) is 4.92 Å². The monoisotopic (exact) mass is 283 g/mol. The predicted molar refractivity (Wildman–Crippen MR) is 73.7 cm³/mol. The van der Waals surface area contributed by atoms with E-state index in [1.54, 1.807) is 0 Å². The summed E-state index contributed by atoms with van der Waals surface area (Å²) in [6.07, 6.45) is -0.0466. The third-order valence-corrected chi connectivity index (χ3v) is 2.97. The number of rotatable bonds is 4. The largest absolute Gasteiger partial charge is 0.327 e. The Labute approximate surface area is 116 Å². The minimum atomic E-state index is -0.850. The molecule has 0 aliphatic rings. The lowest BCUT2D eigenvalue weighted by atomic mass is 9.85. The summed E-state index contributed by atoms with van der Waals surface area (Å²) in [6, 6.07) is 2.95. The van der Waals surface area contributed by atoms with Crippen LogP contribution in [-0.2, 0) is 4.79 Å². The molecule has 3 N–H and O–H groups in total. The molecule has 0 heterocycles. The zero-order valence-corrected chi connectivity index (χ0v) is 11.6. The number of carbonyl (C=O) groups excluding carboxylic acids is 1. The van der Waals surface area contributed by atoms with Crippen molar-refractivity contribution in [1.29, 1.82) is 0 Å². The molecule has 1 rings (SSSR count). The molecule has 1 aromatic carbocycles. The Kier molecular flexibility index (Phi) is 4.78. The molecule has 20 heavy (non-hydrogen) atoms. The Balaban J connectivity index is 2.89. The number of para-hydroxylation sites is 1. The number of hydrogen-bond donors (Lipinski definition) is 2. The van der Waals surface area contributed by atoms with Crippen molar-refractivity contribution in [2.45, 2.75) is 33.2 Å². The van der Waals surface area contributed by atoms with Crippen LogP contribution in [0.25, 0.3) is 0 Å². The van der Waals surface area contributed by atoms with E-state index in [0.29, 0.717) is 0 Å². The van der Waals surface area contributed by atoms with E-state index in [2.05, 4.69) is 5.32 Å². The van der Waals surface area contributed by atoms with E-state index < -0.39 is 34.1 Å². The first kappa shape index (κ1) is 16.0. The first-order valence-electron chi connectivity index (χ1n) is 6.11. The Hall–Kier alpha value is -2.02. The lowest BCUT2D eigenvalue weighted by Gasteiger charge is -2.26. The lowest BCUT2D eigenvalue weighted by Crippen LogP contribution is -2.38. The fourth-order valence-corrected chi connectivity index (χ4v) is 1.49. The van der Waals surface area contributed by atoms with Crippen LogP contribution in [0.3, 0.4) is 0 Å². The van der Waals surface area contributed by atoms with Crippen LogP contribution in [0, 0.1) is 21.3 Å². The van der Waals surface area contributed by atoms with Crippen LogP contribution in [0.1, 0.15) is 27.2 Å². The summed E-state index contributed by atoms with van der Waals surface area (Å²) in [5.41, 5.74) is 4.65.